The number of primary amides is 1. The van der Waals surface area contributed by atoms with Gasteiger partial charge in [-0.25, -0.2) is 4.79 Å². The first-order chi connectivity index (χ1) is 14.3. The third-order valence-electron chi connectivity index (χ3n) is 4.69. The number of hydrogen-bond donors (Lipinski definition) is 7. The van der Waals surface area contributed by atoms with Crippen molar-refractivity contribution in [3.63, 3.8) is 0 Å². The zero-order valence-corrected chi connectivity index (χ0v) is 18.4. The summed E-state index contributed by atoms with van der Waals surface area (Å²) in [4.78, 5) is 59.8. The number of hydrogen-bond acceptors (Lipinski definition) is 7. The lowest BCUT2D eigenvalue weighted by molar-refractivity contribution is -0.143. The van der Waals surface area contributed by atoms with E-state index in [9.17, 15) is 24.0 Å². The van der Waals surface area contributed by atoms with Crippen LogP contribution in [-0.4, -0.2) is 70.6 Å². The molecule has 5 atom stereocenters. The van der Waals surface area contributed by atoms with Crippen LogP contribution in [0.1, 0.15) is 47.0 Å². The molecular weight excluding hydrogens is 410 g/mol. The van der Waals surface area contributed by atoms with Gasteiger partial charge < -0.3 is 37.6 Å². The second-order valence-corrected chi connectivity index (χ2v) is 7.92. The van der Waals surface area contributed by atoms with E-state index in [2.05, 4.69) is 16.0 Å². The molecule has 0 radical (unpaired) electrons. The number of carbonyl (C=O) groups is 5. The molecule has 0 aromatic heterocycles. The number of rotatable bonds is 14. The van der Waals surface area contributed by atoms with Crippen molar-refractivity contribution in [2.75, 3.05) is 6.61 Å². The molecule has 0 aliphatic rings. The minimum Gasteiger partial charge on any atom is -0.480 e. The second-order valence-electron chi connectivity index (χ2n) is 7.92. The first-order valence-electron chi connectivity index (χ1n) is 10.1. The second kappa shape index (κ2) is 13.5. The number of aliphatic hydroxyl groups is 1. The standard InChI is InChI=1S/C19H35N5O7/c1-5-10(4)15(24-16(27)11(20)7-14(21)26)18(29)22-12(6-9(2)3)17(28)23-13(8-25)19(30)31/h9-13,15,25H,5-8,20H2,1-4H3,(H2,21,26)(H,22,29)(H,23,28)(H,24,27)(H,30,31). The number of nitrogens with one attached hydrogen (secondary N) is 3. The zero-order chi connectivity index (χ0) is 24.3. The van der Waals surface area contributed by atoms with E-state index in [0.717, 1.165) is 0 Å². The molecule has 0 aromatic carbocycles. The molecule has 4 amide bonds. The Morgan fingerprint density at radius 1 is 0.903 bits per heavy atom. The van der Waals surface area contributed by atoms with Gasteiger partial charge in [0.2, 0.25) is 23.6 Å². The Kier molecular flexibility index (Phi) is 12.4. The number of aliphatic hydroxyl groups excluding tert-OH is 1. The molecule has 0 aliphatic heterocycles. The van der Waals surface area contributed by atoms with Gasteiger partial charge in [0.1, 0.15) is 18.1 Å². The fourth-order valence-electron chi connectivity index (χ4n) is 2.69. The molecule has 12 heteroatoms. The summed E-state index contributed by atoms with van der Waals surface area (Å²) in [7, 11) is 0. The number of carbonyl (C=O) groups excluding carboxylic acids is 4. The minimum absolute atomic E-state index is 0.0333. The van der Waals surface area contributed by atoms with Gasteiger partial charge in [-0.05, 0) is 18.3 Å². The smallest absolute Gasteiger partial charge is 0.328 e. The average molecular weight is 446 g/mol. The Bertz CT molecular complexity index is 656. The fourth-order valence-corrected chi connectivity index (χ4v) is 2.69. The highest BCUT2D eigenvalue weighted by molar-refractivity contribution is 5.95. The number of carboxylic acids is 1. The van der Waals surface area contributed by atoms with Crippen LogP contribution in [0.3, 0.4) is 0 Å². The van der Waals surface area contributed by atoms with E-state index < -0.39 is 66.8 Å². The Morgan fingerprint density at radius 3 is 1.87 bits per heavy atom. The Morgan fingerprint density at radius 2 is 1.45 bits per heavy atom. The normalized spacial score (nSPS) is 15.8. The number of aliphatic carboxylic acids is 1. The third-order valence-corrected chi connectivity index (χ3v) is 4.69. The van der Waals surface area contributed by atoms with Crippen molar-refractivity contribution >= 4 is 29.6 Å². The quantitative estimate of drug-likeness (QED) is 0.155. The van der Waals surface area contributed by atoms with Crippen LogP contribution in [0.2, 0.25) is 0 Å². The molecule has 0 rings (SSSR count). The summed E-state index contributed by atoms with van der Waals surface area (Å²) >= 11 is 0. The molecule has 5 unspecified atom stereocenters. The van der Waals surface area contributed by atoms with Crippen LogP contribution in [0.4, 0.5) is 0 Å². The highest BCUT2D eigenvalue weighted by Crippen LogP contribution is 2.11. The summed E-state index contributed by atoms with van der Waals surface area (Å²) < 4.78 is 0. The van der Waals surface area contributed by atoms with Crippen molar-refractivity contribution in [3.8, 4) is 0 Å². The summed E-state index contributed by atoms with van der Waals surface area (Å²) in [5.41, 5.74) is 10.7. The molecule has 0 fully saturated rings. The molecule has 12 nitrogen and oxygen atoms in total. The van der Waals surface area contributed by atoms with Gasteiger partial charge in [0.05, 0.1) is 19.1 Å². The Labute approximate surface area is 181 Å². The number of carboxylic acid groups (broad SMARTS) is 1. The van der Waals surface area contributed by atoms with Gasteiger partial charge in [-0.15, -0.1) is 0 Å². The van der Waals surface area contributed by atoms with Gasteiger partial charge in [-0.1, -0.05) is 34.1 Å². The lowest BCUT2D eigenvalue weighted by Crippen LogP contribution is -2.59. The topological polar surface area (TPSA) is 214 Å². The van der Waals surface area contributed by atoms with Crippen molar-refractivity contribution in [1.29, 1.82) is 0 Å². The molecule has 178 valence electrons. The van der Waals surface area contributed by atoms with E-state index >= 15 is 0 Å². The van der Waals surface area contributed by atoms with Crippen molar-refractivity contribution in [2.24, 2.45) is 23.3 Å². The van der Waals surface area contributed by atoms with Gasteiger partial charge >= 0.3 is 5.97 Å². The summed E-state index contributed by atoms with van der Waals surface area (Å²) in [5, 5.41) is 25.4. The van der Waals surface area contributed by atoms with E-state index in [1.54, 1.807) is 13.8 Å². The summed E-state index contributed by atoms with van der Waals surface area (Å²) in [6.45, 7) is 6.33. The first kappa shape index (κ1) is 28.3. The summed E-state index contributed by atoms with van der Waals surface area (Å²) in [6.07, 6.45) is 0.310. The largest absolute Gasteiger partial charge is 0.480 e. The Hall–Kier alpha value is -2.73. The molecule has 0 saturated heterocycles. The summed E-state index contributed by atoms with van der Waals surface area (Å²) in [6, 6.07) is -4.89. The predicted molar refractivity (Wildman–Crippen MR) is 111 cm³/mol. The summed E-state index contributed by atoms with van der Waals surface area (Å²) in [5.74, 6) is -4.73. The van der Waals surface area contributed by atoms with Gasteiger partial charge in [-0.2, -0.15) is 0 Å². The molecule has 0 bridgehead atoms. The molecule has 31 heavy (non-hydrogen) atoms. The van der Waals surface area contributed by atoms with Crippen molar-refractivity contribution in [1.82, 2.24) is 16.0 Å². The maximum absolute atomic E-state index is 12.9. The van der Waals surface area contributed by atoms with Gasteiger partial charge in [0.15, 0.2) is 0 Å². The molecule has 9 N–H and O–H groups in total. The van der Waals surface area contributed by atoms with Crippen LogP contribution in [0.5, 0.6) is 0 Å². The van der Waals surface area contributed by atoms with E-state index in [1.807, 2.05) is 13.8 Å². The van der Waals surface area contributed by atoms with Crippen molar-refractivity contribution in [3.05, 3.63) is 0 Å². The van der Waals surface area contributed by atoms with Gasteiger partial charge in [-0.3, -0.25) is 19.2 Å². The van der Waals surface area contributed by atoms with Gasteiger partial charge in [0, 0.05) is 0 Å². The van der Waals surface area contributed by atoms with Crippen LogP contribution in [-0.2, 0) is 24.0 Å². The molecule has 0 saturated carbocycles. The maximum atomic E-state index is 12.9. The van der Waals surface area contributed by atoms with Crippen LogP contribution < -0.4 is 27.4 Å². The van der Waals surface area contributed by atoms with Crippen LogP contribution in [0.25, 0.3) is 0 Å². The van der Waals surface area contributed by atoms with E-state index in [-0.39, 0.29) is 18.3 Å². The van der Waals surface area contributed by atoms with Crippen molar-refractivity contribution in [2.45, 2.75) is 71.1 Å². The SMILES string of the molecule is CCC(C)C(NC(=O)C(N)CC(N)=O)C(=O)NC(CC(C)C)C(=O)NC(CO)C(=O)O. The molecular formula is C19H35N5O7. The van der Waals surface area contributed by atoms with Crippen LogP contribution in [0, 0.1) is 11.8 Å². The monoisotopic (exact) mass is 445 g/mol. The van der Waals surface area contributed by atoms with E-state index in [0.29, 0.717) is 6.42 Å². The average Bonchev–Trinajstić information content (AvgIpc) is 2.67. The molecule has 0 heterocycles. The van der Waals surface area contributed by atoms with E-state index in [1.165, 1.54) is 0 Å². The molecule has 0 aromatic rings. The van der Waals surface area contributed by atoms with Crippen LogP contribution >= 0.6 is 0 Å². The highest BCUT2D eigenvalue weighted by atomic mass is 16.4. The van der Waals surface area contributed by atoms with Gasteiger partial charge in [0.25, 0.3) is 0 Å². The fraction of sp³-hybridized carbons (Fsp3) is 0.737. The number of nitrogens with two attached hydrogens (primary N) is 2. The highest BCUT2D eigenvalue weighted by Gasteiger charge is 2.32. The predicted octanol–water partition coefficient (Wildman–Crippen LogP) is -2.19. The lowest BCUT2D eigenvalue weighted by atomic mass is 9.96. The third kappa shape index (κ3) is 10.2. The van der Waals surface area contributed by atoms with Crippen molar-refractivity contribution < 1.29 is 34.2 Å². The minimum atomic E-state index is -1.52. The number of amides is 4. The maximum Gasteiger partial charge on any atom is 0.328 e. The molecule has 0 spiro atoms. The van der Waals surface area contributed by atoms with Crippen LogP contribution in [0.15, 0.2) is 0 Å². The lowest BCUT2D eigenvalue weighted by Gasteiger charge is -2.28. The molecule has 0 aliphatic carbocycles. The Balaban J connectivity index is 5.48. The van der Waals surface area contributed by atoms with E-state index in [4.69, 9.17) is 21.7 Å². The zero-order valence-electron chi connectivity index (χ0n) is 18.4. The first-order valence-corrected chi connectivity index (χ1v) is 10.1.